The zero-order valence-electron chi connectivity index (χ0n) is 19.8. The van der Waals surface area contributed by atoms with E-state index in [1.54, 1.807) is 43.2 Å². The second-order valence-corrected chi connectivity index (χ2v) is 10.4. The maximum Gasteiger partial charge on any atom is 0.251 e. The number of benzene rings is 1. The van der Waals surface area contributed by atoms with Gasteiger partial charge in [0.05, 0.1) is 29.4 Å². The summed E-state index contributed by atoms with van der Waals surface area (Å²) in [5.74, 6) is -0.0337. The minimum atomic E-state index is -0.901. The van der Waals surface area contributed by atoms with Gasteiger partial charge in [0.15, 0.2) is 5.65 Å². The first kappa shape index (κ1) is 23.3. The van der Waals surface area contributed by atoms with Gasteiger partial charge < -0.3 is 15.7 Å². The van der Waals surface area contributed by atoms with Crippen molar-refractivity contribution in [3.63, 3.8) is 0 Å². The number of carbonyl (C=O) groups excluding carboxylic acids is 1. The maximum absolute atomic E-state index is 12.6. The number of amides is 1. The third-order valence-corrected chi connectivity index (χ3v) is 6.41. The fourth-order valence-corrected chi connectivity index (χ4v) is 4.39. The number of fused-ring (bicyclic) bond motifs is 1. The van der Waals surface area contributed by atoms with Gasteiger partial charge in [-0.15, -0.1) is 0 Å². The highest BCUT2D eigenvalue weighted by Crippen LogP contribution is 2.31. The lowest BCUT2D eigenvalue weighted by Gasteiger charge is -2.19. The lowest BCUT2D eigenvalue weighted by Crippen LogP contribution is -2.29. The second kappa shape index (κ2) is 9.27. The van der Waals surface area contributed by atoms with E-state index in [2.05, 4.69) is 25.6 Å². The molecule has 35 heavy (non-hydrogen) atoms. The Kier molecular flexibility index (Phi) is 6.16. The molecule has 1 aliphatic carbocycles. The summed E-state index contributed by atoms with van der Waals surface area (Å²) in [5, 5.41) is 22.8. The first-order chi connectivity index (χ1) is 16.8. The molecule has 1 saturated carbocycles. The SMILES string of the molecule is Cc1cc(-c2cnc3c(NCC(C)(C)O)cc(Sc4cnccn4)nn23)ccc1C(=O)NC1CC1. The summed E-state index contributed by atoms with van der Waals surface area (Å²) in [6.45, 7) is 5.77. The van der Waals surface area contributed by atoms with Crippen molar-refractivity contribution in [1.82, 2.24) is 29.9 Å². The Hall–Kier alpha value is -3.50. The molecule has 5 rings (SSSR count). The Balaban J connectivity index is 1.53. The van der Waals surface area contributed by atoms with Gasteiger partial charge in [0.1, 0.15) is 10.1 Å². The molecule has 3 N–H and O–H groups in total. The predicted octanol–water partition coefficient (Wildman–Crippen LogP) is 3.72. The van der Waals surface area contributed by atoms with Crippen molar-refractivity contribution in [3.05, 3.63) is 60.2 Å². The number of hydrogen-bond acceptors (Lipinski definition) is 8. The van der Waals surface area contributed by atoms with Gasteiger partial charge in [-0.3, -0.25) is 9.78 Å². The van der Waals surface area contributed by atoms with Gasteiger partial charge in [-0.1, -0.05) is 6.07 Å². The molecule has 0 aliphatic heterocycles. The van der Waals surface area contributed by atoms with E-state index in [1.165, 1.54) is 11.8 Å². The van der Waals surface area contributed by atoms with Crippen LogP contribution in [0.1, 0.15) is 42.6 Å². The summed E-state index contributed by atoms with van der Waals surface area (Å²) in [5.41, 5.74) is 3.75. The molecule has 0 unspecified atom stereocenters. The third kappa shape index (κ3) is 5.44. The topological polar surface area (TPSA) is 117 Å². The highest BCUT2D eigenvalue weighted by Gasteiger charge is 2.24. The van der Waals surface area contributed by atoms with Crippen molar-refractivity contribution in [1.29, 1.82) is 0 Å². The Morgan fingerprint density at radius 2 is 2.00 bits per heavy atom. The molecule has 0 radical (unpaired) electrons. The standard InChI is InChI=1S/C25H27N7O2S/c1-15-10-16(4-7-18(15)24(33)30-17-5-6-17)20-12-28-23-19(29-14-25(2,3)34)11-21(31-32(20)23)35-22-13-26-8-9-27-22/h4,7-13,17,29,34H,5-6,14H2,1-3H3,(H,30,33). The quantitative estimate of drug-likeness (QED) is 0.343. The molecule has 0 saturated heterocycles. The van der Waals surface area contributed by atoms with E-state index in [1.807, 2.05) is 31.2 Å². The molecule has 9 nitrogen and oxygen atoms in total. The van der Waals surface area contributed by atoms with Gasteiger partial charge >= 0.3 is 0 Å². The number of aliphatic hydroxyl groups is 1. The summed E-state index contributed by atoms with van der Waals surface area (Å²) < 4.78 is 1.78. The van der Waals surface area contributed by atoms with Crippen LogP contribution in [0.25, 0.3) is 16.9 Å². The van der Waals surface area contributed by atoms with Crippen molar-refractivity contribution in [2.45, 2.75) is 55.3 Å². The number of nitrogens with zero attached hydrogens (tertiary/aromatic N) is 5. The minimum Gasteiger partial charge on any atom is -0.389 e. The molecule has 0 spiro atoms. The number of nitrogens with one attached hydrogen (secondary N) is 2. The molecule has 4 aromatic rings. The highest BCUT2D eigenvalue weighted by atomic mass is 32.2. The minimum absolute atomic E-state index is 0.0337. The monoisotopic (exact) mass is 489 g/mol. The molecule has 0 bridgehead atoms. The van der Waals surface area contributed by atoms with Crippen LogP contribution in [0.15, 0.2) is 59.1 Å². The van der Waals surface area contributed by atoms with Crippen molar-refractivity contribution in [2.24, 2.45) is 0 Å². The summed E-state index contributed by atoms with van der Waals surface area (Å²) in [6, 6.07) is 7.97. The van der Waals surface area contributed by atoms with Gasteiger partial charge in [-0.05, 0) is 69.1 Å². The number of aryl methyl sites for hydroxylation is 1. The smallest absolute Gasteiger partial charge is 0.251 e. The van der Waals surface area contributed by atoms with E-state index in [0.717, 1.165) is 40.4 Å². The third-order valence-electron chi connectivity index (χ3n) is 5.58. The molecular weight excluding hydrogens is 462 g/mol. The van der Waals surface area contributed by atoms with Crippen LogP contribution in [0.5, 0.6) is 0 Å². The number of rotatable bonds is 8. The fourth-order valence-electron chi connectivity index (χ4n) is 3.65. The van der Waals surface area contributed by atoms with Crippen LogP contribution in [0.4, 0.5) is 5.69 Å². The van der Waals surface area contributed by atoms with Crippen LogP contribution in [-0.4, -0.2) is 53.8 Å². The molecule has 1 amide bonds. The van der Waals surface area contributed by atoms with E-state index >= 15 is 0 Å². The molecule has 1 aliphatic rings. The summed E-state index contributed by atoms with van der Waals surface area (Å²) in [6.07, 6.45) is 8.82. The average Bonchev–Trinajstić information content (AvgIpc) is 3.53. The van der Waals surface area contributed by atoms with Gasteiger partial charge in [0.25, 0.3) is 5.91 Å². The first-order valence-electron chi connectivity index (χ1n) is 11.5. The van der Waals surface area contributed by atoms with Gasteiger partial charge in [0.2, 0.25) is 0 Å². The number of aromatic nitrogens is 5. The molecular formula is C25H27N7O2S. The predicted molar refractivity (Wildman–Crippen MR) is 135 cm³/mol. The normalized spacial score (nSPS) is 13.7. The Morgan fingerprint density at radius 3 is 2.69 bits per heavy atom. The van der Waals surface area contributed by atoms with Crippen molar-refractivity contribution < 1.29 is 9.90 Å². The van der Waals surface area contributed by atoms with Crippen molar-refractivity contribution in [3.8, 4) is 11.3 Å². The van der Waals surface area contributed by atoms with Gasteiger partial charge in [-0.25, -0.2) is 14.5 Å². The second-order valence-electron chi connectivity index (χ2n) is 9.36. The Labute approximate surface area is 207 Å². The number of imidazole rings is 1. The van der Waals surface area contributed by atoms with E-state index < -0.39 is 5.60 Å². The maximum atomic E-state index is 12.6. The molecule has 1 aromatic carbocycles. The zero-order chi connectivity index (χ0) is 24.6. The Bertz CT molecular complexity index is 1380. The zero-order valence-corrected chi connectivity index (χ0v) is 20.6. The lowest BCUT2D eigenvalue weighted by atomic mass is 10.0. The van der Waals surface area contributed by atoms with Crippen LogP contribution in [0.2, 0.25) is 0 Å². The van der Waals surface area contributed by atoms with Crippen LogP contribution in [-0.2, 0) is 0 Å². The van der Waals surface area contributed by atoms with Crippen LogP contribution in [0.3, 0.4) is 0 Å². The molecule has 0 atom stereocenters. The molecule has 180 valence electrons. The van der Waals surface area contributed by atoms with E-state index in [4.69, 9.17) is 5.10 Å². The Morgan fingerprint density at radius 1 is 1.17 bits per heavy atom. The van der Waals surface area contributed by atoms with Crippen LogP contribution >= 0.6 is 11.8 Å². The molecule has 3 aromatic heterocycles. The average molecular weight is 490 g/mol. The van der Waals surface area contributed by atoms with E-state index in [-0.39, 0.29) is 5.91 Å². The highest BCUT2D eigenvalue weighted by molar-refractivity contribution is 7.99. The largest absolute Gasteiger partial charge is 0.389 e. The summed E-state index contributed by atoms with van der Waals surface area (Å²) >= 11 is 1.39. The van der Waals surface area contributed by atoms with E-state index in [9.17, 15) is 9.90 Å². The van der Waals surface area contributed by atoms with Gasteiger partial charge in [0, 0.05) is 36.1 Å². The summed E-state index contributed by atoms with van der Waals surface area (Å²) in [7, 11) is 0. The number of hydrogen-bond donors (Lipinski definition) is 3. The number of anilines is 1. The number of carbonyl (C=O) groups is 1. The van der Waals surface area contributed by atoms with Crippen molar-refractivity contribution >= 4 is 29.0 Å². The van der Waals surface area contributed by atoms with Crippen LogP contribution < -0.4 is 10.6 Å². The molecule has 1 fully saturated rings. The van der Waals surface area contributed by atoms with Gasteiger partial charge in [-0.2, -0.15) is 5.10 Å². The summed E-state index contributed by atoms with van der Waals surface area (Å²) in [4.78, 5) is 25.6. The fraction of sp³-hybridized carbons (Fsp3) is 0.320. The van der Waals surface area contributed by atoms with Crippen molar-refractivity contribution in [2.75, 3.05) is 11.9 Å². The van der Waals surface area contributed by atoms with E-state index in [0.29, 0.717) is 28.8 Å². The molecule has 10 heteroatoms. The first-order valence-corrected chi connectivity index (χ1v) is 12.3. The molecule has 3 heterocycles. The van der Waals surface area contributed by atoms with Crippen LogP contribution in [0, 0.1) is 6.92 Å². The lowest BCUT2D eigenvalue weighted by molar-refractivity contribution is 0.0940.